The second-order valence-corrected chi connectivity index (χ2v) is 6.04. The summed E-state index contributed by atoms with van der Waals surface area (Å²) in [6, 6.07) is 4.18. The Morgan fingerprint density at radius 1 is 1.41 bits per heavy atom. The third-order valence-electron chi connectivity index (χ3n) is 3.87. The van der Waals surface area contributed by atoms with Gasteiger partial charge in [0.15, 0.2) is 0 Å². The van der Waals surface area contributed by atoms with Gasteiger partial charge in [0.05, 0.1) is 0 Å². The van der Waals surface area contributed by atoms with Crippen LogP contribution in [-0.4, -0.2) is 12.5 Å². The molecule has 1 aromatic heterocycles. The van der Waals surface area contributed by atoms with Crippen LogP contribution in [-0.2, 0) is 11.2 Å². The van der Waals surface area contributed by atoms with E-state index in [4.69, 9.17) is 0 Å². The van der Waals surface area contributed by atoms with Gasteiger partial charge in [-0.25, -0.2) is 0 Å². The Morgan fingerprint density at radius 2 is 2.35 bits per heavy atom. The predicted molar refractivity (Wildman–Crippen MR) is 69.9 cm³/mol. The summed E-state index contributed by atoms with van der Waals surface area (Å²) >= 11 is 1.76. The van der Waals surface area contributed by atoms with Gasteiger partial charge in [0, 0.05) is 17.3 Å². The quantitative estimate of drug-likeness (QED) is 0.814. The molecule has 2 aliphatic carbocycles. The van der Waals surface area contributed by atoms with E-state index in [-0.39, 0.29) is 11.8 Å². The van der Waals surface area contributed by atoms with Gasteiger partial charge in [-0.15, -0.1) is 11.3 Å². The first-order valence-electron chi connectivity index (χ1n) is 6.31. The Hall–Kier alpha value is -1.09. The van der Waals surface area contributed by atoms with Gasteiger partial charge >= 0.3 is 0 Å². The van der Waals surface area contributed by atoms with Gasteiger partial charge in [0.25, 0.3) is 0 Å². The number of thiophene rings is 1. The van der Waals surface area contributed by atoms with E-state index < -0.39 is 0 Å². The number of hydrogen-bond donors (Lipinski definition) is 1. The standard InChI is InChI=1S/C14H17NOS/c16-14(13-9-10-3-4-11(13)8-10)15-6-5-12-2-1-7-17-12/h1-4,7,10-11,13H,5-6,8-9H2,(H,15,16). The predicted octanol–water partition coefficient (Wildman–Crippen LogP) is 2.62. The molecular formula is C14H17NOS. The Labute approximate surface area is 106 Å². The molecule has 1 heterocycles. The molecule has 0 saturated heterocycles. The van der Waals surface area contributed by atoms with Crippen LogP contribution in [0.15, 0.2) is 29.7 Å². The van der Waals surface area contributed by atoms with Crippen LogP contribution in [0.5, 0.6) is 0 Å². The molecule has 3 heteroatoms. The first-order chi connectivity index (χ1) is 8.33. The van der Waals surface area contributed by atoms with Crippen molar-refractivity contribution in [2.75, 3.05) is 6.54 Å². The summed E-state index contributed by atoms with van der Waals surface area (Å²) in [4.78, 5) is 13.4. The molecule has 3 atom stereocenters. The fourth-order valence-electron chi connectivity index (χ4n) is 2.98. The number of carbonyl (C=O) groups excluding carboxylic acids is 1. The van der Waals surface area contributed by atoms with Gasteiger partial charge in [-0.05, 0) is 42.5 Å². The van der Waals surface area contributed by atoms with Crippen LogP contribution < -0.4 is 5.32 Å². The number of rotatable bonds is 4. The summed E-state index contributed by atoms with van der Waals surface area (Å²) in [6.07, 6.45) is 7.73. The molecule has 2 bridgehead atoms. The highest BCUT2D eigenvalue weighted by molar-refractivity contribution is 7.09. The molecule has 2 aliphatic rings. The van der Waals surface area contributed by atoms with E-state index in [1.807, 2.05) is 0 Å². The van der Waals surface area contributed by atoms with Crippen LogP contribution in [0.4, 0.5) is 0 Å². The van der Waals surface area contributed by atoms with E-state index in [1.54, 1.807) is 11.3 Å². The molecule has 1 amide bonds. The van der Waals surface area contributed by atoms with Gasteiger partial charge in [0.2, 0.25) is 5.91 Å². The zero-order valence-electron chi connectivity index (χ0n) is 9.76. The number of allylic oxidation sites excluding steroid dienone is 2. The maximum absolute atomic E-state index is 12.0. The van der Waals surface area contributed by atoms with Crippen molar-refractivity contribution in [2.24, 2.45) is 17.8 Å². The number of amides is 1. The van der Waals surface area contributed by atoms with E-state index in [2.05, 4.69) is 35.0 Å². The first kappa shape index (κ1) is 11.0. The lowest BCUT2D eigenvalue weighted by atomic mass is 9.93. The zero-order valence-corrected chi connectivity index (χ0v) is 10.6. The van der Waals surface area contributed by atoms with Gasteiger partial charge in [-0.2, -0.15) is 0 Å². The molecule has 0 aromatic carbocycles. The lowest BCUT2D eigenvalue weighted by molar-refractivity contribution is -0.125. The topological polar surface area (TPSA) is 29.1 Å². The normalized spacial score (nSPS) is 29.8. The summed E-state index contributed by atoms with van der Waals surface area (Å²) in [5, 5.41) is 5.16. The average molecular weight is 247 g/mol. The van der Waals surface area contributed by atoms with E-state index in [0.29, 0.717) is 11.8 Å². The molecule has 0 radical (unpaired) electrons. The molecular weight excluding hydrogens is 230 g/mol. The van der Waals surface area contributed by atoms with Crippen molar-refractivity contribution < 1.29 is 4.79 Å². The molecule has 1 N–H and O–H groups in total. The minimum atomic E-state index is 0.244. The molecule has 1 aromatic rings. The minimum absolute atomic E-state index is 0.244. The number of fused-ring (bicyclic) bond motifs is 2. The van der Waals surface area contributed by atoms with E-state index in [1.165, 1.54) is 11.3 Å². The highest BCUT2D eigenvalue weighted by atomic mass is 32.1. The number of carbonyl (C=O) groups is 1. The summed E-state index contributed by atoms with van der Waals surface area (Å²) in [6.45, 7) is 0.775. The Bertz CT molecular complexity index is 423. The van der Waals surface area contributed by atoms with Crippen LogP contribution >= 0.6 is 11.3 Å². The number of hydrogen-bond acceptors (Lipinski definition) is 2. The summed E-state index contributed by atoms with van der Waals surface area (Å²) in [5.74, 6) is 1.70. The Kier molecular flexibility index (Phi) is 3.02. The van der Waals surface area contributed by atoms with Gasteiger partial charge in [-0.1, -0.05) is 18.2 Å². The monoisotopic (exact) mass is 247 g/mol. The maximum Gasteiger partial charge on any atom is 0.223 e. The Morgan fingerprint density at radius 3 is 3.00 bits per heavy atom. The van der Waals surface area contributed by atoms with Gasteiger partial charge < -0.3 is 5.32 Å². The lowest BCUT2D eigenvalue weighted by Crippen LogP contribution is -2.34. The molecule has 1 fully saturated rings. The van der Waals surface area contributed by atoms with E-state index in [0.717, 1.165) is 19.4 Å². The summed E-state index contributed by atoms with van der Waals surface area (Å²) in [7, 11) is 0. The van der Waals surface area contributed by atoms with Crippen molar-refractivity contribution in [2.45, 2.75) is 19.3 Å². The highest BCUT2D eigenvalue weighted by Gasteiger charge is 2.39. The van der Waals surface area contributed by atoms with Crippen LogP contribution in [0.25, 0.3) is 0 Å². The smallest absolute Gasteiger partial charge is 0.223 e. The second kappa shape index (κ2) is 4.65. The molecule has 0 aliphatic heterocycles. The third kappa shape index (κ3) is 2.29. The van der Waals surface area contributed by atoms with Crippen LogP contribution in [0.3, 0.4) is 0 Å². The summed E-state index contributed by atoms with van der Waals surface area (Å²) < 4.78 is 0. The van der Waals surface area contributed by atoms with Crippen molar-refractivity contribution in [3.8, 4) is 0 Å². The summed E-state index contributed by atoms with van der Waals surface area (Å²) in [5.41, 5.74) is 0. The van der Waals surface area contributed by atoms with Gasteiger partial charge in [0.1, 0.15) is 0 Å². The number of nitrogens with one attached hydrogen (secondary N) is 1. The maximum atomic E-state index is 12.0. The van der Waals surface area contributed by atoms with Crippen molar-refractivity contribution in [3.05, 3.63) is 34.5 Å². The van der Waals surface area contributed by atoms with Crippen molar-refractivity contribution in [3.63, 3.8) is 0 Å². The van der Waals surface area contributed by atoms with Crippen LogP contribution in [0.2, 0.25) is 0 Å². The van der Waals surface area contributed by atoms with E-state index in [9.17, 15) is 4.79 Å². The fourth-order valence-corrected chi connectivity index (χ4v) is 3.69. The van der Waals surface area contributed by atoms with Crippen molar-refractivity contribution >= 4 is 17.2 Å². The van der Waals surface area contributed by atoms with Crippen molar-refractivity contribution in [1.29, 1.82) is 0 Å². The van der Waals surface area contributed by atoms with E-state index >= 15 is 0 Å². The van der Waals surface area contributed by atoms with Gasteiger partial charge in [-0.3, -0.25) is 4.79 Å². The average Bonchev–Trinajstić information content (AvgIpc) is 3.05. The van der Waals surface area contributed by atoms with Crippen LogP contribution in [0, 0.1) is 17.8 Å². The molecule has 1 saturated carbocycles. The first-order valence-corrected chi connectivity index (χ1v) is 7.19. The molecule has 0 spiro atoms. The Balaban J connectivity index is 1.46. The molecule has 3 rings (SSSR count). The molecule has 90 valence electrons. The van der Waals surface area contributed by atoms with Crippen LogP contribution in [0.1, 0.15) is 17.7 Å². The molecule has 17 heavy (non-hydrogen) atoms. The largest absolute Gasteiger partial charge is 0.355 e. The fraction of sp³-hybridized carbons (Fsp3) is 0.500. The van der Waals surface area contributed by atoms with Crippen molar-refractivity contribution in [1.82, 2.24) is 5.32 Å². The molecule has 2 nitrogen and oxygen atoms in total. The SMILES string of the molecule is O=C(NCCc1cccs1)C1CC2C=CC1C2. The third-order valence-corrected chi connectivity index (χ3v) is 4.80. The molecule has 3 unspecified atom stereocenters. The lowest BCUT2D eigenvalue weighted by Gasteiger charge is -2.17. The minimum Gasteiger partial charge on any atom is -0.355 e. The second-order valence-electron chi connectivity index (χ2n) is 5.01. The highest BCUT2D eigenvalue weighted by Crippen LogP contribution is 2.43. The zero-order chi connectivity index (χ0) is 11.7.